The highest BCUT2D eigenvalue weighted by Crippen LogP contribution is 2.22. The Kier molecular flexibility index (Phi) is 6.27. The zero-order valence-electron chi connectivity index (χ0n) is 13.7. The van der Waals surface area contributed by atoms with Crippen LogP contribution in [0.25, 0.3) is 0 Å². The van der Waals surface area contributed by atoms with Crippen molar-refractivity contribution in [3.8, 4) is 11.5 Å². The van der Waals surface area contributed by atoms with Crippen LogP contribution in [0.15, 0.2) is 55.1 Å². The Morgan fingerprint density at radius 3 is 2.79 bits per heavy atom. The van der Waals surface area contributed by atoms with Crippen LogP contribution < -0.4 is 14.8 Å². The Hall–Kier alpha value is -2.46. The largest absolute Gasteiger partial charge is 0.489 e. The molecule has 0 saturated heterocycles. The van der Waals surface area contributed by atoms with Gasteiger partial charge in [-0.2, -0.15) is 0 Å². The van der Waals surface area contributed by atoms with Crippen molar-refractivity contribution in [1.29, 1.82) is 0 Å². The number of rotatable bonds is 7. The van der Waals surface area contributed by atoms with Crippen LogP contribution in [0.3, 0.4) is 0 Å². The van der Waals surface area contributed by atoms with Crippen LogP contribution in [0.1, 0.15) is 12.5 Å². The molecule has 0 bridgehead atoms. The summed E-state index contributed by atoms with van der Waals surface area (Å²) in [5.74, 6) is 1.01. The van der Waals surface area contributed by atoms with Crippen LogP contribution in [0.4, 0.5) is 5.69 Å². The van der Waals surface area contributed by atoms with Crippen molar-refractivity contribution in [3.63, 3.8) is 0 Å². The van der Waals surface area contributed by atoms with Crippen LogP contribution in [0, 0.1) is 6.92 Å². The number of anilines is 1. The number of nitrogens with one attached hydrogen (secondary N) is 1. The monoisotopic (exact) mass is 345 g/mol. The van der Waals surface area contributed by atoms with E-state index in [1.54, 1.807) is 43.3 Å². The van der Waals surface area contributed by atoms with Crippen molar-refractivity contribution >= 4 is 23.2 Å². The third-order valence-electron chi connectivity index (χ3n) is 3.28. The normalized spacial score (nSPS) is 11.5. The Bertz CT molecular complexity index is 730. The fourth-order valence-electron chi connectivity index (χ4n) is 2.01. The second kappa shape index (κ2) is 8.41. The summed E-state index contributed by atoms with van der Waals surface area (Å²) in [6.07, 6.45) is 1.01. The predicted molar refractivity (Wildman–Crippen MR) is 97.0 cm³/mol. The zero-order chi connectivity index (χ0) is 17.5. The van der Waals surface area contributed by atoms with E-state index in [1.165, 1.54) is 0 Å². The summed E-state index contributed by atoms with van der Waals surface area (Å²) in [5, 5.41) is 3.47. The summed E-state index contributed by atoms with van der Waals surface area (Å²) in [7, 11) is 0. The molecule has 2 aromatic rings. The van der Waals surface area contributed by atoms with Gasteiger partial charge in [-0.3, -0.25) is 4.79 Å². The van der Waals surface area contributed by atoms with E-state index < -0.39 is 6.10 Å². The predicted octanol–water partition coefficient (Wildman–Crippen LogP) is 4.62. The number of carbonyl (C=O) groups excluding carboxylic acids is 1. The molecule has 0 aliphatic rings. The minimum absolute atomic E-state index is 0.247. The van der Waals surface area contributed by atoms with Crippen molar-refractivity contribution in [3.05, 3.63) is 65.7 Å². The highest BCUT2D eigenvalue weighted by molar-refractivity contribution is 6.31. The quantitative estimate of drug-likeness (QED) is 0.745. The van der Waals surface area contributed by atoms with Gasteiger partial charge in [0.2, 0.25) is 0 Å². The number of carbonyl (C=O) groups is 1. The van der Waals surface area contributed by atoms with Crippen molar-refractivity contribution in [2.24, 2.45) is 0 Å². The van der Waals surface area contributed by atoms with E-state index in [4.69, 9.17) is 21.1 Å². The average molecular weight is 346 g/mol. The third-order valence-corrected chi connectivity index (χ3v) is 3.70. The van der Waals surface area contributed by atoms with Crippen molar-refractivity contribution < 1.29 is 14.3 Å². The summed E-state index contributed by atoms with van der Waals surface area (Å²) >= 11 is 5.99. The molecule has 0 aliphatic heterocycles. The maximum atomic E-state index is 12.3. The van der Waals surface area contributed by atoms with E-state index in [-0.39, 0.29) is 5.91 Å². The number of benzene rings is 2. The van der Waals surface area contributed by atoms with Crippen LogP contribution in [-0.2, 0) is 4.79 Å². The zero-order valence-corrected chi connectivity index (χ0v) is 14.5. The standard InChI is InChI=1S/C19H20ClNO3/c1-4-10-23-16-7-5-6-15(12-16)21-19(22)14(3)24-17-8-9-18(20)13(2)11-17/h4-9,11-12,14H,1,10H2,2-3H3,(H,21,22)/t14-/m1/s1. The van der Waals surface area contributed by atoms with Gasteiger partial charge < -0.3 is 14.8 Å². The topological polar surface area (TPSA) is 47.6 Å². The minimum atomic E-state index is -0.650. The number of amides is 1. The van der Waals surface area contributed by atoms with Gasteiger partial charge >= 0.3 is 0 Å². The molecule has 0 saturated carbocycles. The number of halogens is 1. The van der Waals surface area contributed by atoms with E-state index in [9.17, 15) is 4.79 Å². The molecule has 0 unspecified atom stereocenters. The lowest BCUT2D eigenvalue weighted by Gasteiger charge is -2.16. The van der Waals surface area contributed by atoms with Gasteiger partial charge in [-0.25, -0.2) is 0 Å². The molecule has 0 heterocycles. The van der Waals surface area contributed by atoms with Gasteiger partial charge in [0.1, 0.15) is 18.1 Å². The molecule has 1 N–H and O–H groups in total. The van der Waals surface area contributed by atoms with Crippen LogP contribution in [0.2, 0.25) is 5.02 Å². The highest BCUT2D eigenvalue weighted by atomic mass is 35.5. The van der Waals surface area contributed by atoms with Crippen molar-refractivity contribution in [1.82, 2.24) is 0 Å². The van der Waals surface area contributed by atoms with Gasteiger partial charge in [0.25, 0.3) is 5.91 Å². The molecule has 0 spiro atoms. The van der Waals surface area contributed by atoms with E-state index in [1.807, 2.05) is 19.1 Å². The van der Waals surface area contributed by atoms with Gasteiger partial charge in [-0.05, 0) is 49.7 Å². The first-order valence-electron chi connectivity index (χ1n) is 7.57. The summed E-state index contributed by atoms with van der Waals surface area (Å²) in [6, 6.07) is 12.5. The number of hydrogen-bond acceptors (Lipinski definition) is 3. The lowest BCUT2D eigenvalue weighted by Crippen LogP contribution is -2.30. The third kappa shape index (κ3) is 5.03. The molecule has 2 rings (SSSR count). The summed E-state index contributed by atoms with van der Waals surface area (Å²) < 4.78 is 11.1. The van der Waals surface area contributed by atoms with Crippen LogP contribution in [0.5, 0.6) is 11.5 Å². The van der Waals surface area contributed by atoms with E-state index in [0.717, 1.165) is 5.56 Å². The van der Waals surface area contributed by atoms with Crippen LogP contribution in [-0.4, -0.2) is 18.6 Å². The highest BCUT2D eigenvalue weighted by Gasteiger charge is 2.15. The Labute approximate surface area is 147 Å². The van der Waals surface area contributed by atoms with Gasteiger partial charge in [0.15, 0.2) is 6.10 Å². The van der Waals surface area contributed by atoms with Crippen molar-refractivity contribution in [2.45, 2.75) is 20.0 Å². The summed E-state index contributed by atoms with van der Waals surface area (Å²) in [6.45, 7) is 7.59. The molecule has 2 aromatic carbocycles. The lowest BCUT2D eigenvalue weighted by atomic mass is 10.2. The second-order valence-electron chi connectivity index (χ2n) is 5.29. The van der Waals surface area contributed by atoms with Gasteiger partial charge in [-0.15, -0.1) is 0 Å². The Morgan fingerprint density at radius 1 is 1.29 bits per heavy atom. The smallest absolute Gasteiger partial charge is 0.265 e. The molecule has 4 nitrogen and oxygen atoms in total. The van der Waals surface area contributed by atoms with Gasteiger partial charge in [-0.1, -0.05) is 30.3 Å². The summed E-state index contributed by atoms with van der Waals surface area (Å²) in [5.41, 5.74) is 1.54. The molecule has 24 heavy (non-hydrogen) atoms. The minimum Gasteiger partial charge on any atom is -0.489 e. The number of aryl methyl sites for hydroxylation is 1. The van der Waals surface area contributed by atoms with Gasteiger partial charge in [0, 0.05) is 16.8 Å². The maximum Gasteiger partial charge on any atom is 0.265 e. The molecule has 0 aromatic heterocycles. The average Bonchev–Trinajstić information content (AvgIpc) is 2.56. The maximum absolute atomic E-state index is 12.3. The molecule has 1 atom stereocenters. The van der Waals surface area contributed by atoms with Crippen LogP contribution >= 0.6 is 11.6 Å². The van der Waals surface area contributed by atoms with E-state index in [2.05, 4.69) is 11.9 Å². The first-order valence-corrected chi connectivity index (χ1v) is 7.95. The number of hydrogen-bond donors (Lipinski definition) is 1. The second-order valence-corrected chi connectivity index (χ2v) is 5.70. The molecule has 0 aliphatic carbocycles. The molecular weight excluding hydrogens is 326 g/mol. The molecule has 126 valence electrons. The molecule has 5 heteroatoms. The van der Waals surface area contributed by atoms with E-state index in [0.29, 0.717) is 28.8 Å². The first-order chi connectivity index (χ1) is 11.5. The van der Waals surface area contributed by atoms with E-state index >= 15 is 0 Å². The Morgan fingerprint density at radius 2 is 2.08 bits per heavy atom. The molecule has 0 fully saturated rings. The lowest BCUT2D eigenvalue weighted by molar-refractivity contribution is -0.122. The fraction of sp³-hybridized carbons (Fsp3) is 0.211. The number of ether oxygens (including phenoxy) is 2. The Balaban J connectivity index is 1.98. The molecular formula is C19H20ClNO3. The fourth-order valence-corrected chi connectivity index (χ4v) is 2.13. The molecule has 0 radical (unpaired) electrons. The SMILES string of the molecule is C=CCOc1cccc(NC(=O)[C@@H](C)Oc2ccc(Cl)c(C)c2)c1. The summed E-state index contributed by atoms with van der Waals surface area (Å²) in [4.78, 5) is 12.3. The van der Waals surface area contributed by atoms with Gasteiger partial charge in [0.05, 0.1) is 0 Å². The van der Waals surface area contributed by atoms with Crippen molar-refractivity contribution in [2.75, 3.05) is 11.9 Å². The molecule has 1 amide bonds. The first kappa shape index (κ1) is 17.9.